The van der Waals surface area contributed by atoms with Gasteiger partial charge in [0.25, 0.3) is 0 Å². The summed E-state index contributed by atoms with van der Waals surface area (Å²) in [4.78, 5) is 8.56. The lowest BCUT2D eigenvalue weighted by atomic mass is 10.1. The number of aliphatic hydroxyl groups is 1. The molecular formula is C21H23N3O2. The molecule has 0 aliphatic rings. The normalized spacial score (nSPS) is 11.8. The van der Waals surface area contributed by atoms with Gasteiger partial charge >= 0.3 is 0 Å². The Hall–Kier alpha value is -2.92. The first-order valence-electron chi connectivity index (χ1n) is 8.78. The summed E-state index contributed by atoms with van der Waals surface area (Å²) in [5.41, 5.74) is 2.68. The van der Waals surface area contributed by atoms with Gasteiger partial charge in [-0.2, -0.15) is 0 Å². The molecule has 1 atom stereocenters. The lowest BCUT2D eigenvalue weighted by molar-refractivity contribution is 0.191. The van der Waals surface area contributed by atoms with E-state index >= 15 is 0 Å². The van der Waals surface area contributed by atoms with Crippen molar-refractivity contribution < 1.29 is 9.84 Å². The van der Waals surface area contributed by atoms with Crippen LogP contribution in [0.2, 0.25) is 0 Å². The Morgan fingerprint density at radius 3 is 2.54 bits per heavy atom. The van der Waals surface area contributed by atoms with Gasteiger partial charge in [-0.25, -0.2) is 9.97 Å². The second-order valence-electron chi connectivity index (χ2n) is 5.97. The van der Waals surface area contributed by atoms with Crippen LogP contribution in [0.25, 0.3) is 11.3 Å². The summed E-state index contributed by atoms with van der Waals surface area (Å²) < 4.78 is 5.60. The number of hydrogen-bond acceptors (Lipinski definition) is 5. The van der Waals surface area contributed by atoms with Gasteiger partial charge in [0.2, 0.25) is 0 Å². The Bertz CT molecular complexity index is 807. The van der Waals surface area contributed by atoms with E-state index in [1.807, 2.05) is 60.7 Å². The maximum absolute atomic E-state index is 10.2. The molecular weight excluding hydrogens is 326 g/mol. The van der Waals surface area contributed by atoms with E-state index in [0.29, 0.717) is 19.0 Å². The first-order valence-corrected chi connectivity index (χ1v) is 8.78. The van der Waals surface area contributed by atoms with Crippen molar-refractivity contribution in [2.24, 2.45) is 0 Å². The van der Waals surface area contributed by atoms with Crippen LogP contribution >= 0.6 is 0 Å². The van der Waals surface area contributed by atoms with E-state index in [9.17, 15) is 5.11 Å². The Morgan fingerprint density at radius 2 is 1.81 bits per heavy atom. The van der Waals surface area contributed by atoms with Crippen molar-refractivity contribution in [3.05, 3.63) is 72.6 Å². The highest BCUT2D eigenvalue weighted by Crippen LogP contribution is 2.22. The summed E-state index contributed by atoms with van der Waals surface area (Å²) in [7, 11) is 0. The molecule has 1 unspecified atom stereocenters. The van der Waals surface area contributed by atoms with E-state index in [4.69, 9.17) is 4.74 Å². The van der Waals surface area contributed by atoms with Crippen molar-refractivity contribution in [2.45, 2.75) is 19.4 Å². The van der Waals surface area contributed by atoms with Gasteiger partial charge in [-0.1, -0.05) is 37.3 Å². The Kier molecular flexibility index (Phi) is 6.17. The number of ether oxygens (including phenoxy) is 1. The fourth-order valence-corrected chi connectivity index (χ4v) is 2.55. The number of anilines is 1. The van der Waals surface area contributed by atoms with E-state index in [2.05, 4.69) is 22.2 Å². The maximum atomic E-state index is 10.2. The average Bonchev–Trinajstić information content (AvgIpc) is 2.71. The van der Waals surface area contributed by atoms with Crippen LogP contribution < -0.4 is 10.1 Å². The summed E-state index contributed by atoms with van der Waals surface area (Å²) in [5.74, 6) is 1.53. The second kappa shape index (κ2) is 8.97. The highest BCUT2D eigenvalue weighted by molar-refractivity contribution is 5.62. The molecule has 0 spiro atoms. The predicted octanol–water partition coefficient (Wildman–Crippen LogP) is 4.08. The van der Waals surface area contributed by atoms with Crippen LogP contribution in [0.5, 0.6) is 5.75 Å². The molecule has 0 amide bonds. The summed E-state index contributed by atoms with van der Waals surface area (Å²) in [6.45, 7) is 3.17. The van der Waals surface area contributed by atoms with Gasteiger partial charge in [-0.05, 0) is 36.2 Å². The van der Waals surface area contributed by atoms with Gasteiger partial charge in [-0.3, -0.25) is 0 Å². The topological polar surface area (TPSA) is 67.3 Å². The minimum absolute atomic E-state index is 0.379. The molecule has 2 aromatic carbocycles. The molecule has 0 aliphatic heterocycles. The van der Waals surface area contributed by atoms with Gasteiger partial charge in [0.15, 0.2) is 0 Å². The zero-order chi connectivity index (χ0) is 18.2. The first kappa shape index (κ1) is 17.9. The average molecular weight is 349 g/mol. The van der Waals surface area contributed by atoms with Crippen LogP contribution in [-0.4, -0.2) is 28.2 Å². The molecule has 2 N–H and O–H groups in total. The number of aromatic nitrogens is 2. The number of hydrogen-bond donors (Lipinski definition) is 2. The number of benzene rings is 2. The van der Waals surface area contributed by atoms with E-state index in [0.717, 1.165) is 29.0 Å². The monoisotopic (exact) mass is 349 g/mol. The molecule has 1 aromatic heterocycles. The van der Waals surface area contributed by atoms with Gasteiger partial charge in [0, 0.05) is 18.2 Å². The molecule has 0 saturated heterocycles. The lowest BCUT2D eigenvalue weighted by Gasteiger charge is -2.13. The maximum Gasteiger partial charge on any atom is 0.130 e. The third kappa shape index (κ3) is 4.80. The van der Waals surface area contributed by atoms with Crippen LogP contribution in [-0.2, 0) is 0 Å². The molecule has 134 valence electrons. The van der Waals surface area contributed by atoms with Crippen molar-refractivity contribution in [2.75, 3.05) is 18.5 Å². The van der Waals surface area contributed by atoms with E-state index in [1.54, 1.807) is 0 Å². The van der Waals surface area contributed by atoms with E-state index < -0.39 is 6.10 Å². The first-order chi connectivity index (χ1) is 12.8. The lowest BCUT2D eigenvalue weighted by Crippen LogP contribution is -2.13. The molecule has 5 nitrogen and oxygen atoms in total. The fraction of sp³-hybridized carbons (Fsp3) is 0.238. The SMILES string of the molecule is CCCOc1ccc(-c2cc(NCC(O)c3ccccc3)ncn2)cc1. The summed E-state index contributed by atoms with van der Waals surface area (Å²) in [5, 5.41) is 13.4. The second-order valence-corrected chi connectivity index (χ2v) is 5.97. The van der Waals surface area contributed by atoms with Crippen molar-refractivity contribution in [1.29, 1.82) is 0 Å². The fourth-order valence-electron chi connectivity index (χ4n) is 2.55. The molecule has 0 radical (unpaired) electrons. The zero-order valence-corrected chi connectivity index (χ0v) is 14.8. The zero-order valence-electron chi connectivity index (χ0n) is 14.8. The highest BCUT2D eigenvalue weighted by Gasteiger charge is 2.08. The van der Waals surface area contributed by atoms with Crippen LogP contribution in [0.3, 0.4) is 0 Å². The Labute approximate surface area is 153 Å². The molecule has 5 heteroatoms. The number of nitrogens with zero attached hydrogens (tertiary/aromatic N) is 2. The molecule has 0 bridgehead atoms. The van der Waals surface area contributed by atoms with Crippen LogP contribution in [0.15, 0.2) is 67.0 Å². The van der Waals surface area contributed by atoms with E-state index in [-0.39, 0.29) is 0 Å². The van der Waals surface area contributed by atoms with Crippen molar-refractivity contribution >= 4 is 5.82 Å². The molecule has 3 rings (SSSR count). The third-order valence-electron chi connectivity index (χ3n) is 3.95. The predicted molar refractivity (Wildman–Crippen MR) is 103 cm³/mol. The number of rotatable bonds is 8. The van der Waals surface area contributed by atoms with Crippen LogP contribution in [0.1, 0.15) is 25.0 Å². The van der Waals surface area contributed by atoms with Crippen molar-refractivity contribution in [3.63, 3.8) is 0 Å². The third-order valence-corrected chi connectivity index (χ3v) is 3.95. The largest absolute Gasteiger partial charge is 0.494 e. The summed E-state index contributed by atoms with van der Waals surface area (Å²) in [6, 6.07) is 19.3. The smallest absolute Gasteiger partial charge is 0.130 e. The molecule has 3 aromatic rings. The van der Waals surface area contributed by atoms with Gasteiger partial charge in [0.1, 0.15) is 17.9 Å². The molecule has 0 saturated carbocycles. The molecule has 0 fully saturated rings. The summed E-state index contributed by atoms with van der Waals surface area (Å²) in [6.07, 6.45) is 1.91. The standard InChI is InChI=1S/C21H23N3O2/c1-2-12-26-18-10-8-16(9-11-18)19-13-21(24-15-23-19)22-14-20(25)17-6-4-3-5-7-17/h3-11,13,15,20,25H,2,12,14H2,1H3,(H,22,23,24). The van der Waals surface area contributed by atoms with E-state index in [1.165, 1.54) is 6.33 Å². The molecule has 1 heterocycles. The van der Waals surface area contributed by atoms with Gasteiger partial charge in [0.05, 0.1) is 18.4 Å². The van der Waals surface area contributed by atoms with Crippen molar-refractivity contribution in [3.8, 4) is 17.0 Å². The van der Waals surface area contributed by atoms with Crippen molar-refractivity contribution in [1.82, 2.24) is 9.97 Å². The molecule has 0 aliphatic carbocycles. The minimum Gasteiger partial charge on any atom is -0.494 e. The Morgan fingerprint density at radius 1 is 1.04 bits per heavy atom. The number of nitrogens with one attached hydrogen (secondary N) is 1. The van der Waals surface area contributed by atoms with Gasteiger partial charge < -0.3 is 15.2 Å². The van der Waals surface area contributed by atoms with Crippen LogP contribution in [0, 0.1) is 0 Å². The summed E-state index contributed by atoms with van der Waals surface area (Å²) >= 11 is 0. The Balaban J connectivity index is 1.64. The van der Waals surface area contributed by atoms with Gasteiger partial charge in [-0.15, -0.1) is 0 Å². The highest BCUT2D eigenvalue weighted by atomic mass is 16.5. The minimum atomic E-state index is -0.593. The quantitative estimate of drug-likeness (QED) is 0.641. The number of aliphatic hydroxyl groups excluding tert-OH is 1. The van der Waals surface area contributed by atoms with Crippen LogP contribution in [0.4, 0.5) is 5.82 Å². The molecule has 26 heavy (non-hydrogen) atoms.